The van der Waals surface area contributed by atoms with Gasteiger partial charge in [-0.25, -0.2) is 0 Å². The number of anilines is 1. The van der Waals surface area contributed by atoms with Crippen LogP contribution in [0.1, 0.15) is 70.1 Å². The van der Waals surface area contributed by atoms with Crippen molar-refractivity contribution in [2.24, 2.45) is 5.92 Å². The second-order valence-electron chi connectivity index (χ2n) is 12.6. The van der Waals surface area contributed by atoms with E-state index in [2.05, 4.69) is 78.7 Å². The van der Waals surface area contributed by atoms with Crippen molar-refractivity contribution in [3.63, 3.8) is 0 Å². The molecule has 1 aliphatic rings. The molecule has 8 nitrogen and oxygen atoms in total. The molecule has 3 heterocycles. The monoisotopic (exact) mass is 592 g/mol. The van der Waals surface area contributed by atoms with Crippen LogP contribution in [-0.2, 0) is 13.0 Å². The van der Waals surface area contributed by atoms with Crippen molar-refractivity contribution < 1.29 is 9.59 Å². The normalized spacial score (nSPS) is 13.9. The number of aromatic nitrogens is 3. The lowest BCUT2D eigenvalue weighted by atomic mass is 9.88. The summed E-state index contributed by atoms with van der Waals surface area (Å²) in [5.41, 5.74) is 7.21. The third kappa shape index (κ3) is 7.80. The van der Waals surface area contributed by atoms with E-state index in [1.807, 2.05) is 47.0 Å². The summed E-state index contributed by atoms with van der Waals surface area (Å²) in [7, 11) is 4.13. The summed E-state index contributed by atoms with van der Waals surface area (Å²) >= 11 is 0. The van der Waals surface area contributed by atoms with Gasteiger partial charge in [-0.1, -0.05) is 44.2 Å². The van der Waals surface area contributed by atoms with Gasteiger partial charge in [-0.05, 0) is 93.1 Å². The summed E-state index contributed by atoms with van der Waals surface area (Å²) in [5, 5.41) is 7.49. The highest BCUT2D eigenvalue weighted by Gasteiger charge is 2.25. The van der Waals surface area contributed by atoms with E-state index in [4.69, 9.17) is 0 Å². The van der Waals surface area contributed by atoms with Crippen molar-refractivity contribution in [2.45, 2.75) is 52.5 Å². The third-order valence-electron chi connectivity index (χ3n) is 8.34. The molecule has 1 saturated heterocycles. The number of nitrogens with zero attached hydrogens (tertiary/aromatic N) is 5. The van der Waals surface area contributed by atoms with Crippen LogP contribution in [0, 0.1) is 12.8 Å². The zero-order chi connectivity index (χ0) is 31.2. The van der Waals surface area contributed by atoms with Gasteiger partial charge < -0.3 is 15.1 Å². The molecule has 0 unspecified atom stereocenters. The molecule has 2 aromatic heterocycles. The Labute approximate surface area is 261 Å². The lowest BCUT2D eigenvalue weighted by Gasteiger charge is -2.32. The van der Waals surface area contributed by atoms with Crippen molar-refractivity contribution >= 4 is 17.5 Å². The largest absolute Gasteiger partial charge is 0.339 e. The standard InChI is InChI=1S/C36H44N6O2/c1-25(2)20-33-13-12-31(22-37-33)35(43)39-34-21-30(7-6-26(34)3)36(44)41-16-14-29(15-17-41)27-8-10-28(11-9-27)32-23-38-42(24-32)19-18-40(4)5/h6-13,21-25,29H,14-20H2,1-5H3,(H,39,43). The Balaban J connectivity index is 1.16. The summed E-state index contributed by atoms with van der Waals surface area (Å²) in [6, 6.07) is 18.1. The maximum atomic E-state index is 13.5. The lowest BCUT2D eigenvalue weighted by Crippen LogP contribution is -2.38. The molecule has 0 spiro atoms. The van der Waals surface area contributed by atoms with Gasteiger partial charge in [0.25, 0.3) is 11.8 Å². The maximum Gasteiger partial charge on any atom is 0.257 e. The number of carbonyl (C=O) groups excluding carboxylic acids is 2. The van der Waals surface area contributed by atoms with Gasteiger partial charge in [-0.3, -0.25) is 19.3 Å². The Bertz CT molecular complexity index is 1570. The van der Waals surface area contributed by atoms with Gasteiger partial charge in [0.1, 0.15) is 0 Å². The van der Waals surface area contributed by atoms with Gasteiger partial charge in [0.15, 0.2) is 0 Å². The molecule has 230 valence electrons. The Kier molecular flexibility index (Phi) is 9.90. The first-order valence-electron chi connectivity index (χ1n) is 15.6. The summed E-state index contributed by atoms with van der Waals surface area (Å²) in [4.78, 5) is 34.9. The number of carbonyl (C=O) groups is 2. The number of rotatable bonds is 10. The first-order valence-corrected chi connectivity index (χ1v) is 15.6. The molecule has 0 atom stereocenters. The third-order valence-corrected chi connectivity index (χ3v) is 8.34. The van der Waals surface area contributed by atoms with Crippen LogP contribution in [0.25, 0.3) is 11.1 Å². The Morgan fingerprint density at radius 2 is 1.68 bits per heavy atom. The minimum atomic E-state index is -0.230. The Morgan fingerprint density at radius 1 is 0.955 bits per heavy atom. The van der Waals surface area contributed by atoms with Gasteiger partial charge in [-0.2, -0.15) is 5.10 Å². The van der Waals surface area contributed by atoms with Crippen LogP contribution in [0.3, 0.4) is 0 Å². The topological polar surface area (TPSA) is 83.4 Å². The summed E-state index contributed by atoms with van der Waals surface area (Å²) in [6.45, 7) is 9.45. The number of nitrogens with one attached hydrogen (secondary N) is 1. The van der Waals surface area contributed by atoms with Crippen LogP contribution in [0.4, 0.5) is 5.69 Å². The zero-order valence-corrected chi connectivity index (χ0v) is 26.6. The molecule has 0 radical (unpaired) electrons. The average molecular weight is 593 g/mol. The van der Waals surface area contributed by atoms with Crippen molar-refractivity contribution in [2.75, 3.05) is 39.0 Å². The predicted molar refractivity (Wildman–Crippen MR) is 176 cm³/mol. The van der Waals surface area contributed by atoms with E-state index in [0.29, 0.717) is 41.7 Å². The summed E-state index contributed by atoms with van der Waals surface area (Å²) in [6.07, 6.45) is 8.37. The number of piperidine rings is 1. The van der Waals surface area contributed by atoms with Crippen LogP contribution in [-0.4, -0.2) is 70.1 Å². The van der Waals surface area contributed by atoms with Gasteiger partial charge in [0, 0.05) is 54.5 Å². The van der Waals surface area contributed by atoms with Crippen molar-refractivity contribution in [3.05, 3.63) is 101 Å². The first kappa shape index (κ1) is 31.1. The highest BCUT2D eigenvalue weighted by molar-refractivity contribution is 6.05. The number of amides is 2. The van der Waals surface area contributed by atoms with Crippen molar-refractivity contribution in [1.29, 1.82) is 0 Å². The number of aryl methyl sites for hydroxylation is 1. The number of hydrogen-bond acceptors (Lipinski definition) is 5. The molecule has 4 aromatic rings. The Morgan fingerprint density at radius 3 is 2.34 bits per heavy atom. The van der Waals surface area contributed by atoms with E-state index in [1.165, 1.54) is 11.1 Å². The molecule has 0 bridgehead atoms. The highest BCUT2D eigenvalue weighted by atomic mass is 16.2. The highest BCUT2D eigenvalue weighted by Crippen LogP contribution is 2.31. The van der Waals surface area contributed by atoms with Crippen LogP contribution in [0.15, 0.2) is 73.2 Å². The second kappa shape index (κ2) is 14.0. The number of pyridine rings is 1. The average Bonchev–Trinajstić information content (AvgIpc) is 3.50. The molecule has 1 fully saturated rings. The molecule has 1 N–H and O–H groups in total. The molecule has 2 amide bonds. The number of benzene rings is 2. The van der Waals surface area contributed by atoms with E-state index in [9.17, 15) is 9.59 Å². The molecular weight excluding hydrogens is 548 g/mol. The molecular formula is C36H44N6O2. The van der Waals surface area contributed by atoms with E-state index in [-0.39, 0.29) is 11.8 Å². The lowest BCUT2D eigenvalue weighted by molar-refractivity contribution is 0.0712. The minimum Gasteiger partial charge on any atom is -0.339 e. The van der Waals surface area contributed by atoms with Gasteiger partial charge in [0.05, 0.1) is 18.3 Å². The second-order valence-corrected chi connectivity index (χ2v) is 12.6. The number of hydrogen-bond donors (Lipinski definition) is 1. The smallest absolute Gasteiger partial charge is 0.257 e. The Hall–Kier alpha value is -4.30. The van der Waals surface area contributed by atoms with Crippen molar-refractivity contribution in [1.82, 2.24) is 24.6 Å². The van der Waals surface area contributed by atoms with Crippen LogP contribution in [0.2, 0.25) is 0 Å². The fourth-order valence-corrected chi connectivity index (χ4v) is 5.67. The van der Waals surface area contributed by atoms with Crippen molar-refractivity contribution in [3.8, 4) is 11.1 Å². The van der Waals surface area contributed by atoms with Gasteiger partial charge in [0.2, 0.25) is 0 Å². The summed E-state index contributed by atoms with van der Waals surface area (Å²) < 4.78 is 1.99. The maximum absolute atomic E-state index is 13.5. The number of likely N-dealkylation sites (N-methyl/N-ethyl adjacent to an activating group) is 1. The molecule has 5 rings (SSSR count). The van der Waals surface area contributed by atoms with E-state index in [0.717, 1.165) is 49.2 Å². The van der Waals surface area contributed by atoms with E-state index >= 15 is 0 Å². The molecule has 0 aliphatic carbocycles. The van der Waals surface area contributed by atoms with Gasteiger partial charge in [-0.15, -0.1) is 0 Å². The molecule has 0 saturated carbocycles. The first-order chi connectivity index (χ1) is 21.2. The number of likely N-dealkylation sites (tertiary alicyclic amines) is 1. The quantitative estimate of drug-likeness (QED) is 0.234. The molecule has 1 aliphatic heterocycles. The fourth-order valence-electron chi connectivity index (χ4n) is 5.67. The molecule has 44 heavy (non-hydrogen) atoms. The van der Waals surface area contributed by atoms with Gasteiger partial charge >= 0.3 is 0 Å². The zero-order valence-electron chi connectivity index (χ0n) is 26.6. The summed E-state index contributed by atoms with van der Waals surface area (Å²) in [5.74, 6) is 0.693. The van der Waals surface area contributed by atoms with E-state index < -0.39 is 0 Å². The fraction of sp³-hybridized carbons (Fsp3) is 0.389. The SMILES string of the molecule is Cc1ccc(C(=O)N2CCC(c3ccc(-c4cnn(CCN(C)C)c4)cc3)CC2)cc1NC(=O)c1ccc(CC(C)C)nc1. The van der Waals surface area contributed by atoms with Crippen LogP contribution < -0.4 is 5.32 Å². The van der Waals surface area contributed by atoms with E-state index in [1.54, 1.807) is 12.3 Å². The predicted octanol–water partition coefficient (Wildman–Crippen LogP) is 6.29. The van der Waals surface area contributed by atoms with Crippen LogP contribution in [0.5, 0.6) is 0 Å². The minimum absolute atomic E-state index is 0.000260. The molecule has 2 aromatic carbocycles. The van der Waals surface area contributed by atoms with Crippen LogP contribution >= 0.6 is 0 Å². The molecule has 8 heteroatoms.